The molecule has 0 atom stereocenters. The number of rotatable bonds is 5. The molecule has 0 saturated carbocycles. The Morgan fingerprint density at radius 2 is 2.04 bits per heavy atom. The van der Waals surface area contributed by atoms with Gasteiger partial charge in [0.05, 0.1) is 11.3 Å². The molecule has 4 nitrogen and oxygen atoms in total. The highest BCUT2D eigenvalue weighted by Crippen LogP contribution is 2.23. The fourth-order valence-electron chi connectivity index (χ4n) is 2.25. The molecule has 0 aliphatic rings. The van der Waals surface area contributed by atoms with Crippen LogP contribution in [0.15, 0.2) is 29.3 Å². The first-order valence-electron chi connectivity index (χ1n) is 7.43. The number of carbonyl (C=O) groups is 1. The molecule has 1 N–H and O–H groups in total. The smallest absolute Gasteiger partial charge is 0.230 e. The van der Waals surface area contributed by atoms with Gasteiger partial charge in [-0.1, -0.05) is 23.9 Å². The van der Waals surface area contributed by atoms with Crippen molar-refractivity contribution in [1.29, 1.82) is 5.26 Å². The SMILES string of the molecule is Cc1cc(C)c(C#N)c(SCC(=O)NCc2ccc(F)c(C)c2)n1. The molecule has 1 amide bonds. The van der Waals surface area contributed by atoms with Gasteiger partial charge in [0.25, 0.3) is 0 Å². The van der Waals surface area contributed by atoms with Gasteiger partial charge in [0.1, 0.15) is 16.9 Å². The molecule has 0 radical (unpaired) electrons. The van der Waals surface area contributed by atoms with E-state index in [0.29, 0.717) is 22.7 Å². The number of aromatic nitrogens is 1. The lowest BCUT2D eigenvalue weighted by Crippen LogP contribution is -2.24. The second-order valence-electron chi connectivity index (χ2n) is 5.52. The molecule has 0 spiro atoms. The Bertz CT molecular complexity index is 815. The first-order valence-corrected chi connectivity index (χ1v) is 8.42. The van der Waals surface area contributed by atoms with Gasteiger partial charge in [0, 0.05) is 12.2 Å². The van der Waals surface area contributed by atoms with Crippen LogP contribution in [0.2, 0.25) is 0 Å². The Morgan fingerprint density at radius 3 is 2.71 bits per heavy atom. The van der Waals surface area contributed by atoms with Crippen molar-refractivity contribution in [3.63, 3.8) is 0 Å². The van der Waals surface area contributed by atoms with Gasteiger partial charge in [0.2, 0.25) is 5.91 Å². The topological polar surface area (TPSA) is 65.8 Å². The third kappa shape index (κ3) is 4.56. The van der Waals surface area contributed by atoms with Crippen molar-refractivity contribution < 1.29 is 9.18 Å². The first-order chi connectivity index (χ1) is 11.4. The fourth-order valence-corrected chi connectivity index (χ4v) is 3.17. The van der Waals surface area contributed by atoms with E-state index in [1.54, 1.807) is 19.1 Å². The highest BCUT2D eigenvalue weighted by atomic mass is 32.2. The number of nitrogens with zero attached hydrogens (tertiary/aromatic N) is 2. The molecule has 124 valence electrons. The summed E-state index contributed by atoms with van der Waals surface area (Å²) in [7, 11) is 0. The number of pyridine rings is 1. The molecule has 1 aromatic carbocycles. The number of aryl methyl sites for hydroxylation is 3. The van der Waals surface area contributed by atoms with E-state index in [1.165, 1.54) is 17.8 Å². The third-order valence-electron chi connectivity index (χ3n) is 3.48. The highest BCUT2D eigenvalue weighted by Gasteiger charge is 2.11. The lowest BCUT2D eigenvalue weighted by molar-refractivity contribution is -0.118. The Hall–Kier alpha value is -2.39. The summed E-state index contributed by atoms with van der Waals surface area (Å²) in [4.78, 5) is 16.3. The first kappa shape index (κ1) is 18.0. The lowest BCUT2D eigenvalue weighted by Gasteiger charge is -2.08. The molecular formula is C18H18FN3OS. The molecule has 0 bridgehead atoms. The second-order valence-corrected chi connectivity index (χ2v) is 6.49. The van der Waals surface area contributed by atoms with E-state index in [9.17, 15) is 14.4 Å². The van der Waals surface area contributed by atoms with Crippen molar-refractivity contribution in [2.75, 3.05) is 5.75 Å². The van der Waals surface area contributed by atoms with Gasteiger partial charge in [0.15, 0.2) is 0 Å². The van der Waals surface area contributed by atoms with E-state index in [2.05, 4.69) is 16.4 Å². The number of carbonyl (C=O) groups excluding carboxylic acids is 1. The molecule has 0 saturated heterocycles. The standard InChI is InChI=1S/C18H18FN3OS/c1-11-6-13(3)22-18(15(11)8-20)24-10-17(23)21-9-14-4-5-16(19)12(2)7-14/h4-7H,9-10H2,1-3H3,(H,21,23). The molecule has 0 aliphatic carbocycles. The van der Waals surface area contributed by atoms with Crippen molar-refractivity contribution >= 4 is 17.7 Å². The fraction of sp³-hybridized carbons (Fsp3) is 0.278. The summed E-state index contributed by atoms with van der Waals surface area (Å²) in [5, 5.41) is 12.6. The van der Waals surface area contributed by atoms with E-state index < -0.39 is 0 Å². The average Bonchev–Trinajstić information content (AvgIpc) is 2.53. The van der Waals surface area contributed by atoms with Crippen LogP contribution in [0, 0.1) is 37.9 Å². The normalized spacial score (nSPS) is 10.3. The number of nitriles is 1. The van der Waals surface area contributed by atoms with Crippen LogP contribution in [0.4, 0.5) is 4.39 Å². The minimum atomic E-state index is -0.259. The van der Waals surface area contributed by atoms with E-state index in [0.717, 1.165) is 16.8 Å². The van der Waals surface area contributed by atoms with Crippen molar-refractivity contribution in [3.8, 4) is 6.07 Å². The maximum Gasteiger partial charge on any atom is 0.230 e. The van der Waals surface area contributed by atoms with Crippen LogP contribution in [0.1, 0.15) is 27.9 Å². The van der Waals surface area contributed by atoms with Crippen molar-refractivity contribution in [2.45, 2.75) is 32.3 Å². The van der Waals surface area contributed by atoms with Crippen LogP contribution >= 0.6 is 11.8 Å². The molecule has 1 heterocycles. The van der Waals surface area contributed by atoms with Gasteiger partial charge in [-0.15, -0.1) is 0 Å². The minimum absolute atomic E-state index is 0.160. The Labute approximate surface area is 145 Å². The van der Waals surface area contributed by atoms with Gasteiger partial charge in [-0.2, -0.15) is 5.26 Å². The molecule has 0 aliphatic heterocycles. The highest BCUT2D eigenvalue weighted by molar-refractivity contribution is 8.00. The van der Waals surface area contributed by atoms with Crippen LogP contribution in [0.5, 0.6) is 0 Å². The quantitative estimate of drug-likeness (QED) is 0.845. The Morgan fingerprint density at radius 1 is 1.29 bits per heavy atom. The summed E-state index contributed by atoms with van der Waals surface area (Å²) in [6.07, 6.45) is 0. The van der Waals surface area contributed by atoms with Gasteiger partial charge in [-0.05, 0) is 49.6 Å². The summed E-state index contributed by atoms with van der Waals surface area (Å²) in [5.74, 6) is -0.248. The van der Waals surface area contributed by atoms with Gasteiger partial charge in [-0.25, -0.2) is 9.37 Å². The van der Waals surface area contributed by atoms with E-state index in [-0.39, 0.29) is 17.5 Å². The summed E-state index contributed by atoms with van der Waals surface area (Å²) >= 11 is 1.24. The molecular weight excluding hydrogens is 325 g/mol. The number of thioether (sulfide) groups is 1. The summed E-state index contributed by atoms with van der Waals surface area (Å²) in [5.41, 5.74) is 3.57. The summed E-state index contributed by atoms with van der Waals surface area (Å²) in [6, 6.07) is 8.73. The zero-order chi connectivity index (χ0) is 17.7. The second kappa shape index (κ2) is 7.93. The number of hydrogen-bond donors (Lipinski definition) is 1. The zero-order valence-electron chi connectivity index (χ0n) is 13.8. The van der Waals surface area contributed by atoms with Crippen molar-refractivity contribution in [1.82, 2.24) is 10.3 Å². The Kier molecular flexibility index (Phi) is 5.93. The van der Waals surface area contributed by atoms with Gasteiger partial charge in [-0.3, -0.25) is 4.79 Å². The number of benzene rings is 1. The molecule has 0 unspecified atom stereocenters. The predicted octanol–water partition coefficient (Wildman–Crippen LogP) is 3.43. The number of hydrogen-bond acceptors (Lipinski definition) is 4. The molecule has 0 fully saturated rings. The summed E-state index contributed by atoms with van der Waals surface area (Å²) < 4.78 is 13.2. The van der Waals surface area contributed by atoms with Crippen LogP contribution in [-0.4, -0.2) is 16.6 Å². The Balaban J connectivity index is 1.94. The van der Waals surface area contributed by atoms with Gasteiger partial charge >= 0.3 is 0 Å². The van der Waals surface area contributed by atoms with E-state index in [4.69, 9.17) is 0 Å². The van der Waals surface area contributed by atoms with Crippen LogP contribution in [0.25, 0.3) is 0 Å². The van der Waals surface area contributed by atoms with Crippen LogP contribution < -0.4 is 5.32 Å². The number of nitrogens with one attached hydrogen (secondary N) is 1. The minimum Gasteiger partial charge on any atom is -0.351 e. The maximum atomic E-state index is 13.2. The van der Waals surface area contributed by atoms with E-state index >= 15 is 0 Å². The molecule has 6 heteroatoms. The average molecular weight is 343 g/mol. The van der Waals surface area contributed by atoms with Crippen LogP contribution in [-0.2, 0) is 11.3 Å². The van der Waals surface area contributed by atoms with Gasteiger partial charge < -0.3 is 5.32 Å². The van der Waals surface area contributed by atoms with E-state index in [1.807, 2.05) is 19.9 Å². The third-order valence-corrected chi connectivity index (χ3v) is 4.45. The molecule has 2 rings (SSSR count). The lowest BCUT2D eigenvalue weighted by atomic mass is 10.1. The molecule has 1 aromatic heterocycles. The van der Waals surface area contributed by atoms with Crippen LogP contribution in [0.3, 0.4) is 0 Å². The molecule has 2 aromatic rings. The van der Waals surface area contributed by atoms with Crippen molar-refractivity contribution in [2.24, 2.45) is 0 Å². The number of amides is 1. The largest absolute Gasteiger partial charge is 0.351 e. The van der Waals surface area contributed by atoms with Crippen molar-refractivity contribution in [3.05, 3.63) is 58.0 Å². The zero-order valence-corrected chi connectivity index (χ0v) is 14.6. The predicted molar refractivity (Wildman–Crippen MR) is 92.1 cm³/mol. The molecule has 24 heavy (non-hydrogen) atoms. The monoisotopic (exact) mass is 343 g/mol. The maximum absolute atomic E-state index is 13.2. The summed E-state index contributed by atoms with van der Waals surface area (Å²) in [6.45, 7) is 5.74. The number of halogens is 1.